The third-order valence-corrected chi connectivity index (χ3v) is 3.43. The molecular weight excluding hydrogens is 296 g/mol. The van der Waals surface area contributed by atoms with E-state index in [0.29, 0.717) is 23.5 Å². The Morgan fingerprint density at radius 1 is 1.17 bits per heavy atom. The van der Waals surface area contributed by atoms with E-state index in [1.54, 1.807) is 12.1 Å². The highest BCUT2D eigenvalue weighted by atomic mass is 16.6. The summed E-state index contributed by atoms with van der Waals surface area (Å²) in [7, 11) is 1.45. The molecule has 0 aliphatic carbocycles. The number of methoxy groups -OCH3 is 1. The molecule has 1 aromatic heterocycles. The third-order valence-electron chi connectivity index (χ3n) is 3.43. The lowest BCUT2D eigenvalue weighted by Gasteiger charge is -2.13. The fourth-order valence-electron chi connectivity index (χ4n) is 2.35. The van der Waals surface area contributed by atoms with Gasteiger partial charge in [-0.1, -0.05) is 30.3 Å². The van der Waals surface area contributed by atoms with Gasteiger partial charge in [0.15, 0.2) is 17.0 Å². The summed E-state index contributed by atoms with van der Waals surface area (Å²) in [6, 6.07) is 14.4. The number of ether oxygens (including phenoxy) is 2. The summed E-state index contributed by atoms with van der Waals surface area (Å²) in [5.74, 6) is 0.762. The van der Waals surface area contributed by atoms with Gasteiger partial charge in [-0.25, -0.2) is 4.98 Å². The Morgan fingerprint density at radius 3 is 2.65 bits per heavy atom. The molecule has 0 radical (unpaired) electrons. The zero-order valence-electron chi connectivity index (χ0n) is 12.4. The topological polar surface area (TPSA) is 74.5 Å². The fourth-order valence-corrected chi connectivity index (χ4v) is 2.35. The van der Waals surface area contributed by atoms with Crippen LogP contribution in [0, 0.1) is 10.1 Å². The van der Waals surface area contributed by atoms with Crippen molar-refractivity contribution in [1.29, 1.82) is 0 Å². The summed E-state index contributed by atoms with van der Waals surface area (Å²) >= 11 is 0. The zero-order chi connectivity index (χ0) is 16.2. The summed E-state index contributed by atoms with van der Waals surface area (Å²) in [5.41, 5.74) is 1.16. The molecule has 23 heavy (non-hydrogen) atoms. The second-order valence-electron chi connectivity index (χ2n) is 4.86. The van der Waals surface area contributed by atoms with Crippen molar-refractivity contribution in [3.8, 4) is 11.5 Å². The summed E-state index contributed by atoms with van der Waals surface area (Å²) < 4.78 is 11.1. The first-order valence-corrected chi connectivity index (χ1v) is 6.97. The molecule has 0 atom stereocenters. The lowest BCUT2D eigenvalue weighted by atomic mass is 10.1. The number of nitro benzene ring substituents is 1. The number of pyridine rings is 1. The quantitative estimate of drug-likeness (QED) is 0.530. The molecule has 0 saturated heterocycles. The Balaban J connectivity index is 2.08. The van der Waals surface area contributed by atoms with Crippen molar-refractivity contribution in [3.63, 3.8) is 0 Å². The smallest absolute Gasteiger partial charge is 0.299 e. The first-order valence-electron chi connectivity index (χ1n) is 6.97. The average Bonchev–Trinajstić information content (AvgIpc) is 2.59. The van der Waals surface area contributed by atoms with Crippen molar-refractivity contribution in [3.05, 3.63) is 70.4 Å². The Kier molecular flexibility index (Phi) is 4.05. The Morgan fingerprint density at radius 2 is 1.96 bits per heavy atom. The minimum atomic E-state index is -0.473. The molecule has 0 aliphatic heterocycles. The van der Waals surface area contributed by atoms with E-state index in [-0.39, 0.29) is 11.2 Å². The van der Waals surface area contributed by atoms with Crippen LogP contribution in [0.15, 0.2) is 54.7 Å². The van der Waals surface area contributed by atoms with Crippen LogP contribution in [-0.4, -0.2) is 17.0 Å². The monoisotopic (exact) mass is 310 g/mol. The van der Waals surface area contributed by atoms with Gasteiger partial charge in [-0.2, -0.15) is 0 Å². The van der Waals surface area contributed by atoms with Gasteiger partial charge in [0, 0.05) is 6.20 Å². The van der Waals surface area contributed by atoms with Gasteiger partial charge in [0.2, 0.25) is 0 Å². The number of benzene rings is 2. The fraction of sp³-hybridized carbons (Fsp3) is 0.118. The largest absolute Gasteiger partial charge is 0.493 e. The highest BCUT2D eigenvalue weighted by Crippen LogP contribution is 2.40. The van der Waals surface area contributed by atoms with Crippen LogP contribution in [0.5, 0.6) is 11.5 Å². The molecule has 0 fully saturated rings. The van der Waals surface area contributed by atoms with Crippen LogP contribution in [0.3, 0.4) is 0 Å². The molecule has 0 amide bonds. The number of nitrogens with zero attached hydrogens (tertiary/aromatic N) is 2. The molecule has 0 saturated carbocycles. The molecule has 6 heteroatoms. The first kappa shape index (κ1) is 14.8. The van der Waals surface area contributed by atoms with E-state index in [1.807, 2.05) is 30.3 Å². The second kappa shape index (κ2) is 6.31. The highest BCUT2D eigenvalue weighted by molar-refractivity contribution is 5.94. The van der Waals surface area contributed by atoms with Crippen molar-refractivity contribution in [2.45, 2.75) is 6.61 Å². The molecular formula is C17H14N2O4. The predicted octanol–water partition coefficient (Wildman–Crippen LogP) is 3.73. The van der Waals surface area contributed by atoms with Gasteiger partial charge in [0.05, 0.1) is 23.5 Å². The third kappa shape index (κ3) is 2.91. The average molecular weight is 310 g/mol. The van der Waals surface area contributed by atoms with Crippen molar-refractivity contribution >= 4 is 16.6 Å². The molecule has 6 nitrogen and oxygen atoms in total. The Bertz CT molecular complexity index is 850. The van der Waals surface area contributed by atoms with Gasteiger partial charge >= 0.3 is 0 Å². The number of aromatic nitrogens is 1. The van der Waals surface area contributed by atoms with Crippen molar-refractivity contribution < 1.29 is 14.4 Å². The zero-order valence-corrected chi connectivity index (χ0v) is 12.4. The van der Waals surface area contributed by atoms with E-state index in [9.17, 15) is 10.1 Å². The molecule has 0 bridgehead atoms. The van der Waals surface area contributed by atoms with Crippen LogP contribution >= 0.6 is 0 Å². The van der Waals surface area contributed by atoms with E-state index in [1.165, 1.54) is 19.4 Å². The van der Waals surface area contributed by atoms with E-state index in [2.05, 4.69) is 4.98 Å². The van der Waals surface area contributed by atoms with E-state index in [0.717, 1.165) is 5.56 Å². The molecule has 0 N–H and O–H groups in total. The van der Waals surface area contributed by atoms with Gasteiger partial charge in [0.1, 0.15) is 6.61 Å². The van der Waals surface area contributed by atoms with Gasteiger partial charge < -0.3 is 9.47 Å². The number of fused-ring (bicyclic) bond motifs is 1. The minimum absolute atomic E-state index is 0.107. The van der Waals surface area contributed by atoms with Gasteiger partial charge in [-0.15, -0.1) is 0 Å². The molecule has 3 aromatic rings. The maximum absolute atomic E-state index is 11.2. The Labute approximate surface area is 132 Å². The SMILES string of the molecule is COc1cc([N+](=O)[O-])c2ncccc2c1OCc1ccccc1. The minimum Gasteiger partial charge on any atom is -0.493 e. The van der Waals surface area contributed by atoms with Crippen LogP contribution in [0.25, 0.3) is 10.9 Å². The van der Waals surface area contributed by atoms with Crippen molar-refractivity contribution in [2.75, 3.05) is 7.11 Å². The van der Waals surface area contributed by atoms with Crippen LogP contribution < -0.4 is 9.47 Å². The highest BCUT2D eigenvalue weighted by Gasteiger charge is 2.21. The van der Waals surface area contributed by atoms with E-state index < -0.39 is 4.92 Å². The molecule has 0 unspecified atom stereocenters. The first-order chi connectivity index (χ1) is 11.2. The molecule has 2 aromatic carbocycles. The summed E-state index contributed by atoms with van der Waals surface area (Å²) in [5, 5.41) is 11.8. The van der Waals surface area contributed by atoms with Crippen LogP contribution in [0.4, 0.5) is 5.69 Å². The maximum atomic E-state index is 11.2. The lowest BCUT2D eigenvalue weighted by molar-refractivity contribution is -0.383. The van der Waals surface area contributed by atoms with E-state index >= 15 is 0 Å². The van der Waals surface area contributed by atoms with Crippen LogP contribution in [0.2, 0.25) is 0 Å². The second-order valence-corrected chi connectivity index (χ2v) is 4.86. The van der Waals surface area contributed by atoms with Gasteiger partial charge in [-0.05, 0) is 17.7 Å². The Hall–Kier alpha value is -3.15. The van der Waals surface area contributed by atoms with Gasteiger partial charge in [0.25, 0.3) is 5.69 Å². The maximum Gasteiger partial charge on any atom is 0.299 e. The molecule has 0 spiro atoms. The standard InChI is InChI=1S/C17H14N2O4/c1-22-15-10-14(19(20)21)16-13(8-5-9-18-16)17(15)23-11-12-6-3-2-4-7-12/h2-10H,11H2,1H3. The molecule has 116 valence electrons. The summed E-state index contributed by atoms with van der Waals surface area (Å²) in [4.78, 5) is 14.9. The number of nitro groups is 1. The van der Waals surface area contributed by atoms with E-state index in [4.69, 9.17) is 9.47 Å². The van der Waals surface area contributed by atoms with Crippen LogP contribution in [-0.2, 0) is 6.61 Å². The predicted molar refractivity (Wildman–Crippen MR) is 85.7 cm³/mol. The number of hydrogen-bond acceptors (Lipinski definition) is 5. The van der Waals surface area contributed by atoms with Crippen LogP contribution in [0.1, 0.15) is 5.56 Å². The molecule has 3 rings (SSSR count). The summed E-state index contributed by atoms with van der Waals surface area (Å²) in [6.07, 6.45) is 1.52. The van der Waals surface area contributed by atoms with Crippen molar-refractivity contribution in [2.24, 2.45) is 0 Å². The number of rotatable bonds is 5. The summed E-state index contributed by atoms with van der Waals surface area (Å²) in [6.45, 7) is 0.332. The number of non-ortho nitro benzene ring substituents is 1. The number of hydrogen-bond donors (Lipinski definition) is 0. The van der Waals surface area contributed by atoms with Crippen molar-refractivity contribution in [1.82, 2.24) is 4.98 Å². The van der Waals surface area contributed by atoms with Gasteiger partial charge in [-0.3, -0.25) is 10.1 Å². The molecule has 0 aliphatic rings. The lowest BCUT2D eigenvalue weighted by Crippen LogP contribution is -2.01. The molecule has 1 heterocycles. The normalized spacial score (nSPS) is 10.5.